The second-order valence-electron chi connectivity index (χ2n) is 16.3. The number of rotatable bonds is 16. The molecule has 392 valence electrons. The first-order chi connectivity index (χ1) is 35.0. The maximum absolute atomic E-state index is 12.7. The van der Waals surface area contributed by atoms with Gasteiger partial charge in [0.2, 0.25) is 18.7 Å². The van der Waals surface area contributed by atoms with Crippen LogP contribution >= 0.6 is 0 Å². The van der Waals surface area contributed by atoms with Crippen molar-refractivity contribution in [1.82, 2.24) is 5.48 Å². The molecule has 2 aromatic heterocycles. The number of fused-ring (bicyclic) bond motifs is 3. The number of nitrogens with zero attached hydrogens (tertiary/aromatic N) is 2. The highest BCUT2D eigenvalue weighted by Gasteiger charge is 2.55. The zero-order chi connectivity index (χ0) is 53.3. The highest BCUT2D eigenvalue weighted by atomic mass is 16.8. The number of ether oxygens (including phenoxy) is 9. The molecule has 0 saturated carbocycles. The van der Waals surface area contributed by atoms with E-state index in [-0.39, 0.29) is 69.6 Å². The lowest BCUT2D eigenvalue weighted by atomic mass is 9.96. The van der Waals surface area contributed by atoms with Gasteiger partial charge in [-0.15, -0.1) is 12.8 Å². The Balaban J connectivity index is 0.000000242. The number of oxime groups is 2. The molecule has 0 spiro atoms. The summed E-state index contributed by atoms with van der Waals surface area (Å²) in [7, 11) is 4.23. The number of aliphatic hydroxyl groups excluding tert-OH is 1. The molecule has 1 amide bonds. The molecule has 3 aliphatic rings. The maximum atomic E-state index is 12.7. The molecule has 5 heterocycles. The molecule has 2 aromatic carbocycles. The van der Waals surface area contributed by atoms with Gasteiger partial charge in [-0.25, -0.2) is 19.2 Å². The average Bonchev–Trinajstić information content (AvgIpc) is 3.76. The maximum Gasteiger partial charge on any atom is 0.509 e. The molecule has 4 N–H and O–H groups in total. The van der Waals surface area contributed by atoms with Crippen LogP contribution in [-0.4, -0.2) is 135 Å². The summed E-state index contributed by atoms with van der Waals surface area (Å²) in [6, 6.07) is 6.11. The molecular formula is C49H55N3O21. The lowest BCUT2D eigenvalue weighted by Crippen LogP contribution is -2.61. The average molecular weight is 1020 g/mol. The number of carbonyl (C=O) groups is 2. The summed E-state index contributed by atoms with van der Waals surface area (Å²) in [5.74, 6) is 4.25. The number of hydrogen-bond donors (Lipinski definition) is 4. The van der Waals surface area contributed by atoms with Gasteiger partial charge in [0.05, 0.1) is 34.4 Å². The van der Waals surface area contributed by atoms with E-state index in [1.165, 1.54) is 47.3 Å². The SMILES string of the molecule is C#CCO/N=C(\C)c1c(O)c2ccc(OC3O[C@@H](CC)[C@H](OC)[C@@H](OC(=O)NOCC#C)[C@H]3O)c(C)c2oc1=O.CC[C@@H]1OC(Oc2ccc3c(O)c(C(C)=NOC)c(=O)oc3c2C)[C@@H]2OC(=O)O[C@@H]2[C@H]1OC. The summed E-state index contributed by atoms with van der Waals surface area (Å²) in [6.07, 6.45) is 0.446. The minimum Gasteiger partial charge on any atom is -0.506 e. The van der Waals surface area contributed by atoms with Crippen molar-refractivity contribution in [3.05, 3.63) is 67.4 Å². The first-order valence-corrected chi connectivity index (χ1v) is 22.5. The predicted molar refractivity (Wildman–Crippen MR) is 254 cm³/mol. The Morgan fingerprint density at radius 2 is 1.23 bits per heavy atom. The van der Waals surface area contributed by atoms with Crippen molar-refractivity contribution in [3.63, 3.8) is 0 Å². The lowest BCUT2D eigenvalue weighted by molar-refractivity contribution is -0.276. The predicted octanol–water partition coefficient (Wildman–Crippen LogP) is 4.34. The third-order valence-electron chi connectivity index (χ3n) is 11.9. The Morgan fingerprint density at radius 3 is 1.75 bits per heavy atom. The quantitative estimate of drug-likeness (QED) is 0.0303. The second kappa shape index (κ2) is 24.2. The number of benzene rings is 2. The van der Waals surface area contributed by atoms with Crippen LogP contribution in [0.4, 0.5) is 9.59 Å². The van der Waals surface area contributed by atoms with E-state index in [4.69, 9.17) is 78.8 Å². The summed E-state index contributed by atoms with van der Waals surface area (Å²) < 4.78 is 61.8. The molecule has 4 aromatic rings. The smallest absolute Gasteiger partial charge is 0.506 e. The number of nitrogens with one attached hydrogen (secondary N) is 1. The molecule has 0 radical (unpaired) electrons. The minimum atomic E-state index is -1.51. The lowest BCUT2D eigenvalue weighted by Gasteiger charge is -2.43. The normalized spacial score (nSPS) is 24.7. The van der Waals surface area contributed by atoms with E-state index in [9.17, 15) is 34.5 Å². The van der Waals surface area contributed by atoms with Crippen molar-refractivity contribution >= 4 is 45.6 Å². The standard InChI is InChI=1S/C27H30N2O11.C22H25NO10/c1-7-12-35-28-15(5)19-20(30)16-10-11-18(14(4)22(16)39-25(19)32)38-26-21(31)24(23(34-6)17(9-3)37-26)40-27(33)29-36-13-8-2;1-6-12-17(27-4)18-19(33-22(26)32-18)21(29-12)30-13-8-7-11-15(24)14(10(3)23-28-5)20(25)31-16(11)9(13)2/h1-2,10-11,17,21,23-24,26,30-31H,9,12-13H2,3-6H3,(H,29,33);7-8,12,17-19,21,24H,6H2,1-5H3/b28-15+;/t17-,21+,23-,24-,26?;12-,17-,18+,19+,21?/m00/s1. The van der Waals surface area contributed by atoms with Crippen molar-refractivity contribution in [2.24, 2.45) is 10.3 Å². The van der Waals surface area contributed by atoms with Crippen molar-refractivity contribution in [3.8, 4) is 47.7 Å². The monoisotopic (exact) mass is 1020 g/mol. The number of hydrogen-bond acceptors (Lipinski definition) is 23. The molecule has 73 heavy (non-hydrogen) atoms. The molecule has 24 nitrogen and oxygen atoms in total. The summed E-state index contributed by atoms with van der Waals surface area (Å²) in [6.45, 7) is 9.65. The van der Waals surface area contributed by atoms with Gasteiger partial charge in [0.15, 0.2) is 24.9 Å². The van der Waals surface area contributed by atoms with Crippen LogP contribution < -0.4 is 26.2 Å². The Morgan fingerprint density at radius 1 is 0.726 bits per heavy atom. The van der Waals surface area contributed by atoms with Crippen LogP contribution in [0, 0.1) is 38.5 Å². The van der Waals surface area contributed by atoms with Crippen LogP contribution in [0.15, 0.2) is 53.0 Å². The number of aromatic hydroxyl groups is 2. The van der Waals surface area contributed by atoms with E-state index in [0.717, 1.165) is 0 Å². The third kappa shape index (κ3) is 11.5. The van der Waals surface area contributed by atoms with Gasteiger partial charge in [0, 0.05) is 25.3 Å². The second-order valence-corrected chi connectivity index (χ2v) is 16.3. The molecule has 0 aliphatic carbocycles. The number of aryl methyl sites for hydroxylation is 2. The van der Waals surface area contributed by atoms with E-state index in [2.05, 4.69) is 22.2 Å². The molecule has 2 unspecified atom stereocenters. The van der Waals surface area contributed by atoms with Crippen LogP contribution in [-0.2, 0) is 47.7 Å². The third-order valence-corrected chi connectivity index (χ3v) is 11.9. The van der Waals surface area contributed by atoms with Crippen LogP contribution in [0.5, 0.6) is 23.0 Å². The van der Waals surface area contributed by atoms with Crippen molar-refractivity contribution in [1.29, 1.82) is 0 Å². The molecule has 0 bridgehead atoms. The van der Waals surface area contributed by atoms with Crippen molar-refractivity contribution < 1.29 is 90.9 Å². The summed E-state index contributed by atoms with van der Waals surface area (Å²) >= 11 is 0. The van der Waals surface area contributed by atoms with Gasteiger partial charge < -0.3 is 76.5 Å². The number of carbonyl (C=O) groups excluding carboxylic acids is 2. The van der Waals surface area contributed by atoms with Gasteiger partial charge in [-0.05, 0) is 64.8 Å². The summed E-state index contributed by atoms with van der Waals surface area (Å²) in [4.78, 5) is 63.6. The molecule has 24 heteroatoms. The fraction of sp³-hybridized carbons (Fsp3) is 0.469. The van der Waals surface area contributed by atoms with Crippen LogP contribution in [0.25, 0.3) is 21.9 Å². The van der Waals surface area contributed by atoms with Crippen LogP contribution in [0.3, 0.4) is 0 Å². The van der Waals surface area contributed by atoms with E-state index in [0.29, 0.717) is 35.1 Å². The first kappa shape index (κ1) is 54.7. The number of hydroxylamine groups is 1. The highest BCUT2D eigenvalue weighted by Crippen LogP contribution is 2.39. The zero-order valence-electron chi connectivity index (χ0n) is 41.2. The molecule has 3 saturated heterocycles. The molecule has 10 atom stereocenters. The Bertz CT molecular complexity index is 2940. The summed E-state index contributed by atoms with van der Waals surface area (Å²) in [5, 5.41) is 40.5. The molecule has 3 aliphatic heterocycles. The fourth-order valence-electron chi connectivity index (χ4n) is 8.39. The first-order valence-electron chi connectivity index (χ1n) is 22.5. The van der Waals surface area contributed by atoms with Crippen molar-refractivity contribution in [2.45, 2.75) is 116 Å². The van der Waals surface area contributed by atoms with E-state index in [1.54, 1.807) is 26.0 Å². The molecule has 3 fully saturated rings. The number of amides is 1. The highest BCUT2D eigenvalue weighted by molar-refractivity contribution is 6.05. The van der Waals surface area contributed by atoms with Gasteiger partial charge in [0.25, 0.3) is 0 Å². The van der Waals surface area contributed by atoms with Crippen LogP contribution in [0.2, 0.25) is 0 Å². The number of terminal acetylenes is 2. The van der Waals surface area contributed by atoms with E-state index >= 15 is 0 Å². The van der Waals surface area contributed by atoms with Crippen molar-refractivity contribution in [2.75, 3.05) is 34.5 Å². The minimum absolute atomic E-state index is 0.0334. The van der Waals surface area contributed by atoms with Gasteiger partial charge in [-0.3, -0.25) is 4.84 Å². The van der Waals surface area contributed by atoms with Gasteiger partial charge >= 0.3 is 23.5 Å². The largest absolute Gasteiger partial charge is 0.509 e. The Labute approximate surface area is 416 Å². The van der Waals surface area contributed by atoms with E-state index < -0.39 is 84.9 Å². The fourth-order valence-corrected chi connectivity index (χ4v) is 8.39. The topological polar surface area (TPSA) is 303 Å². The molecule has 7 rings (SSSR count). The number of methoxy groups -OCH3 is 2. The number of aliphatic hydroxyl groups is 1. The Hall–Kier alpha value is -7.58. The van der Waals surface area contributed by atoms with Gasteiger partial charge in [-0.2, -0.15) is 5.48 Å². The zero-order valence-corrected chi connectivity index (χ0v) is 41.2. The molecular weight excluding hydrogens is 967 g/mol. The summed E-state index contributed by atoms with van der Waals surface area (Å²) in [5.41, 5.74) is 1.26. The Kier molecular flexibility index (Phi) is 18.2. The van der Waals surface area contributed by atoms with Crippen LogP contribution in [0.1, 0.15) is 62.8 Å². The van der Waals surface area contributed by atoms with Gasteiger partial charge in [0.1, 0.15) is 71.2 Å². The van der Waals surface area contributed by atoms with Gasteiger partial charge in [-0.1, -0.05) is 36.0 Å². The van der Waals surface area contributed by atoms with E-state index in [1.807, 2.05) is 19.3 Å².